The van der Waals surface area contributed by atoms with Crippen LogP contribution in [0.5, 0.6) is 0 Å². The van der Waals surface area contributed by atoms with Gasteiger partial charge in [-0.3, -0.25) is 4.79 Å². The van der Waals surface area contributed by atoms with Crippen LogP contribution < -0.4 is 0 Å². The van der Waals surface area contributed by atoms with Crippen molar-refractivity contribution in [2.75, 3.05) is 5.75 Å². The molecular formula is C10H6BrIN2O3S. The van der Waals surface area contributed by atoms with E-state index in [1.54, 1.807) is 0 Å². The van der Waals surface area contributed by atoms with Crippen molar-refractivity contribution in [1.29, 1.82) is 0 Å². The number of carboxylic acid groups (broad SMARTS) is 1. The molecule has 1 heterocycles. The van der Waals surface area contributed by atoms with Crippen molar-refractivity contribution < 1.29 is 14.3 Å². The summed E-state index contributed by atoms with van der Waals surface area (Å²) >= 11 is 6.59. The maximum absolute atomic E-state index is 10.4. The van der Waals surface area contributed by atoms with Crippen molar-refractivity contribution in [3.63, 3.8) is 0 Å². The van der Waals surface area contributed by atoms with E-state index in [0.29, 0.717) is 5.89 Å². The number of aliphatic carboxylic acids is 1. The highest BCUT2D eigenvalue weighted by Crippen LogP contribution is 2.30. The summed E-state index contributed by atoms with van der Waals surface area (Å²) in [6.07, 6.45) is 0. The topological polar surface area (TPSA) is 76.2 Å². The number of nitrogens with zero attached hydrogens (tertiary/aromatic N) is 2. The summed E-state index contributed by atoms with van der Waals surface area (Å²) in [6, 6.07) is 5.75. The first-order chi connectivity index (χ1) is 8.56. The Bertz CT molecular complexity index is 590. The van der Waals surface area contributed by atoms with Crippen molar-refractivity contribution in [3.05, 3.63) is 26.2 Å². The summed E-state index contributed by atoms with van der Waals surface area (Å²) in [4.78, 5) is 10.4. The molecule has 0 atom stereocenters. The SMILES string of the molecule is O=C(O)CSc1nnc(-c2cc(I)ccc2Br)o1. The van der Waals surface area contributed by atoms with Gasteiger partial charge in [0.2, 0.25) is 5.89 Å². The largest absolute Gasteiger partial charge is 0.481 e. The number of rotatable bonds is 4. The Morgan fingerprint density at radius 1 is 1.50 bits per heavy atom. The molecule has 0 saturated carbocycles. The van der Waals surface area contributed by atoms with Crippen molar-refractivity contribution >= 4 is 56.3 Å². The fourth-order valence-corrected chi connectivity index (χ4v) is 2.55. The van der Waals surface area contributed by atoms with Gasteiger partial charge < -0.3 is 9.52 Å². The van der Waals surface area contributed by atoms with Gasteiger partial charge in [0.25, 0.3) is 5.22 Å². The smallest absolute Gasteiger partial charge is 0.314 e. The zero-order valence-corrected chi connectivity index (χ0v) is 13.3. The number of hydrogen-bond acceptors (Lipinski definition) is 5. The van der Waals surface area contributed by atoms with E-state index in [4.69, 9.17) is 9.52 Å². The molecule has 1 aromatic heterocycles. The van der Waals surface area contributed by atoms with Crippen LogP contribution in [0.1, 0.15) is 0 Å². The summed E-state index contributed by atoms with van der Waals surface area (Å²) in [7, 11) is 0. The molecule has 5 nitrogen and oxygen atoms in total. The summed E-state index contributed by atoms with van der Waals surface area (Å²) in [5, 5.41) is 16.5. The lowest BCUT2D eigenvalue weighted by molar-refractivity contribution is -0.133. The third kappa shape index (κ3) is 3.45. The zero-order valence-electron chi connectivity index (χ0n) is 8.76. The predicted molar refractivity (Wildman–Crippen MR) is 78.5 cm³/mol. The van der Waals surface area contributed by atoms with Crippen molar-refractivity contribution in [2.24, 2.45) is 0 Å². The second-order valence-corrected chi connectivity index (χ2v) is 6.21. The van der Waals surface area contributed by atoms with E-state index in [1.807, 2.05) is 18.2 Å². The molecule has 0 aliphatic carbocycles. The lowest BCUT2D eigenvalue weighted by Crippen LogP contribution is -1.97. The van der Waals surface area contributed by atoms with Crippen LogP contribution in [0.3, 0.4) is 0 Å². The Labute approximate surface area is 129 Å². The van der Waals surface area contributed by atoms with Gasteiger partial charge in [0, 0.05) is 8.04 Å². The molecule has 1 aromatic carbocycles. The average Bonchev–Trinajstić information content (AvgIpc) is 2.78. The molecule has 0 saturated heterocycles. The van der Waals surface area contributed by atoms with Crippen LogP contribution in [0.2, 0.25) is 0 Å². The van der Waals surface area contributed by atoms with Gasteiger partial charge in [-0.1, -0.05) is 11.8 Å². The molecule has 0 aliphatic rings. The molecule has 0 bridgehead atoms. The van der Waals surface area contributed by atoms with Crippen LogP contribution in [0.15, 0.2) is 32.3 Å². The van der Waals surface area contributed by atoms with Gasteiger partial charge >= 0.3 is 5.97 Å². The summed E-state index contributed by atoms with van der Waals surface area (Å²) in [5.74, 6) is -0.654. The minimum atomic E-state index is -0.921. The van der Waals surface area contributed by atoms with Gasteiger partial charge in [-0.2, -0.15) is 0 Å². The lowest BCUT2D eigenvalue weighted by atomic mass is 10.2. The van der Waals surface area contributed by atoms with Gasteiger partial charge in [-0.25, -0.2) is 0 Å². The normalized spacial score (nSPS) is 10.6. The van der Waals surface area contributed by atoms with E-state index in [-0.39, 0.29) is 11.0 Å². The number of thioether (sulfide) groups is 1. The minimum Gasteiger partial charge on any atom is -0.481 e. The second kappa shape index (κ2) is 6.02. The van der Waals surface area contributed by atoms with Gasteiger partial charge in [0.15, 0.2) is 0 Å². The number of aromatic nitrogens is 2. The van der Waals surface area contributed by atoms with Crippen molar-refractivity contribution in [1.82, 2.24) is 10.2 Å². The fourth-order valence-electron chi connectivity index (χ4n) is 1.16. The van der Waals surface area contributed by atoms with Crippen LogP contribution in [0.25, 0.3) is 11.5 Å². The molecule has 0 unspecified atom stereocenters. The molecule has 94 valence electrons. The van der Waals surface area contributed by atoms with E-state index in [9.17, 15) is 4.79 Å². The highest BCUT2D eigenvalue weighted by molar-refractivity contribution is 14.1. The zero-order chi connectivity index (χ0) is 13.1. The van der Waals surface area contributed by atoms with Crippen LogP contribution >= 0.6 is 50.3 Å². The second-order valence-electron chi connectivity index (χ2n) is 3.18. The maximum atomic E-state index is 10.4. The molecule has 0 amide bonds. The van der Waals surface area contributed by atoms with Crippen molar-refractivity contribution in [2.45, 2.75) is 5.22 Å². The minimum absolute atomic E-state index is 0.102. The van der Waals surface area contributed by atoms with E-state index in [2.05, 4.69) is 48.7 Å². The average molecular weight is 441 g/mol. The van der Waals surface area contributed by atoms with Crippen LogP contribution in [-0.2, 0) is 4.79 Å². The highest BCUT2D eigenvalue weighted by atomic mass is 127. The monoisotopic (exact) mass is 440 g/mol. The van der Waals surface area contributed by atoms with E-state index in [0.717, 1.165) is 25.4 Å². The Hall–Kier alpha value is -0.610. The summed E-state index contributed by atoms with van der Waals surface area (Å²) < 4.78 is 7.29. The number of halogens is 2. The van der Waals surface area contributed by atoms with E-state index < -0.39 is 5.97 Å². The maximum Gasteiger partial charge on any atom is 0.314 e. The Morgan fingerprint density at radius 2 is 2.28 bits per heavy atom. The summed E-state index contributed by atoms with van der Waals surface area (Å²) in [5.41, 5.74) is 0.788. The first-order valence-corrected chi connectivity index (χ1v) is 7.55. The standard InChI is InChI=1S/C10H6BrIN2O3S/c11-7-2-1-5(12)3-6(7)9-13-14-10(17-9)18-4-8(15)16/h1-3H,4H2,(H,15,16). The third-order valence-corrected chi connectivity index (χ3v) is 4.05. The Balaban J connectivity index is 2.23. The lowest BCUT2D eigenvalue weighted by Gasteiger charge is -1.99. The first kappa shape index (κ1) is 13.8. The van der Waals surface area contributed by atoms with Gasteiger partial charge in [-0.15, -0.1) is 10.2 Å². The molecular weight excluding hydrogens is 435 g/mol. The van der Waals surface area contributed by atoms with Gasteiger partial charge in [0.05, 0.1) is 5.56 Å². The van der Waals surface area contributed by atoms with Gasteiger partial charge in [0.1, 0.15) is 5.75 Å². The number of benzene rings is 1. The molecule has 18 heavy (non-hydrogen) atoms. The molecule has 0 spiro atoms. The van der Waals surface area contributed by atoms with Crippen molar-refractivity contribution in [3.8, 4) is 11.5 Å². The molecule has 0 fully saturated rings. The molecule has 0 aliphatic heterocycles. The molecule has 2 rings (SSSR count). The van der Waals surface area contributed by atoms with E-state index in [1.165, 1.54) is 0 Å². The predicted octanol–water partition coefficient (Wildman–Crippen LogP) is 3.28. The molecule has 8 heteroatoms. The van der Waals surface area contributed by atoms with Crippen LogP contribution in [0, 0.1) is 3.57 Å². The molecule has 2 aromatic rings. The van der Waals surface area contributed by atoms with Gasteiger partial charge in [-0.05, 0) is 56.7 Å². The van der Waals surface area contributed by atoms with Crippen LogP contribution in [-0.4, -0.2) is 27.0 Å². The molecule has 1 N–H and O–H groups in total. The first-order valence-electron chi connectivity index (χ1n) is 4.70. The quantitative estimate of drug-likeness (QED) is 0.580. The Morgan fingerprint density at radius 3 is 3.00 bits per heavy atom. The van der Waals surface area contributed by atoms with E-state index >= 15 is 0 Å². The Kier molecular flexibility index (Phi) is 4.62. The molecule has 0 radical (unpaired) electrons. The summed E-state index contributed by atoms with van der Waals surface area (Å²) in [6.45, 7) is 0. The fraction of sp³-hybridized carbons (Fsp3) is 0.100. The number of carbonyl (C=O) groups is 1. The number of hydrogen-bond donors (Lipinski definition) is 1. The third-order valence-electron chi connectivity index (χ3n) is 1.88. The van der Waals surface area contributed by atoms with Crippen LogP contribution in [0.4, 0.5) is 0 Å². The number of carboxylic acids is 1. The highest BCUT2D eigenvalue weighted by Gasteiger charge is 2.13.